The fourth-order valence-corrected chi connectivity index (χ4v) is 3.51. The van der Waals surface area contributed by atoms with Crippen LogP contribution in [-0.4, -0.2) is 64.7 Å². The van der Waals surface area contributed by atoms with E-state index in [1.807, 2.05) is 30.3 Å². The van der Waals surface area contributed by atoms with Gasteiger partial charge in [0.1, 0.15) is 24.8 Å². The first-order valence-electron chi connectivity index (χ1n) is 10.5. The number of hydrogen-bond donors (Lipinski definition) is 3. The minimum Gasteiger partial charge on any atom is -0.444 e. The van der Waals surface area contributed by atoms with Crippen molar-refractivity contribution in [3.8, 4) is 0 Å². The molecule has 0 aromatic heterocycles. The molecule has 2 unspecified atom stereocenters. The zero-order valence-corrected chi connectivity index (χ0v) is 18.4. The zero-order valence-electron chi connectivity index (χ0n) is 18.4. The Morgan fingerprint density at radius 2 is 1.81 bits per heavy atom. The maximum Gasteiger partial charge on any atom is 0.408 e. The fourth-order valence-electron chi connectivity index (χ4n) is 3.51. The second kappa shape index (κ2) is 9.86. The van der Waals surface area contributed by atoms with Gasteiger partial charge in [0.25, 0.3) is 11.8 Å². The summed E-state index contributed by atoms with van der Waals surface area (Å²) >= 11 is 0. The highest BCUT2D eigenvalue weighted by molar-refractivity contribution is 5.90. The lowest BCUT2D eigenvalue weighted by Crippen LogP contribution is -2.55. The van der Waals surface area contributed by atoms with E-state index in [0.717, 1.165) is 5.56 Å². The van der Waals surface area contributed by atoms with Crippen LogP contribution in [0.25, 0.3) is 0 Å². The van der Waals surface area contributed by atoms with Gasteiger partial charge in [-0.3, -0.25) is 25.3 Å². The van der Waals surface area contributed by atoms with Crippen LogP contribution in [0.3, 0.4) is 0 Å². The summed E-state index contributed by atoms with van der Waals surface area (Å²) in [6.45, 7) is 5.37. The molecule has 2 heterocycles. The molecule has 2 fully saturated rings. The quantitative estimate of drug-likeness (QED) is 0.559. The molecular weight excluding hydrogens is 418 g/mol. The van der Waals surface area contributed by atoms with Crippen molar-refractivity contribution in [3.05, 3.63) is 35.9 Å². The number of piperidine rings is 1. The predicted molar refractivity (Wildman–Crippen MR) is 113 cm³/mol. The van der Waals surface area contributed by atoms with Gasteiger partial charge in [-0.2, -0.15) is 5.06 Å². The molecule has 0 aliphatic carbocycles. The number of rotatable bonds is 6. The SMILES string of the molecule is CC(C)(C)OC(=O)NCC(=O)NNC(=O)C1CCC2CN1C(=O)N2OCc1ccccc1. The molecule has 174 valence electrons. The van der Waals surface area contributed by atoms with Gasteiger partial charge in [0, 0.05) is 6.54 Å². The summed E-state index contributed by atoms with van der Waals surface area (Å²) in [5.41, 5.74) is 4.81. The van der Waals surface area contributed by atoms with Crippen LogP contribution in [0.4, 0.5) is 9.59 Å². The third-order valence-corrected chi connectivity index (χ3v) is 4.96. The summed E-state index contributed by atoms with van der Waals surface area (Å²) in [5.74, 6) is -1.13. The maximum absolute atomic E-state index is 12.8. The second-order valence-electron chi connectivity index (χ2n) is 8.66. The third kappa shape index (κ3) is 6.10. The first kappa shape index (κ1) is 23.3. The Hall–Kier alpha value is -3.34. The Morgan fingerprint density at radius 1 is 1.09 bits per heavy atom. The first-order chi connectivity index (χ1) is 15.1. The monoisotopic (exact) mass is 447 g/mol. The number of alkyl carbamates (subject to hydrolysis) is 1. The summed E-state index contributed by atoms with van der Waals surface area (Å²) in [6.07, 6.45) is 0.304. The van der Waals surface area contributed by atoms with Gasteiger partial charge < -0.3 is 15.0 Å². The molecule has 2 aliphatic rings. The molecular formula is C21H29N5O6. The molecule has 2 atom stereocenters. The minimum atomic E-state index is -0.740. The molecule has 11 heteroatoms. The molecule has 2 saturated heterocycles. The van der Waals surface area contributed by atoms with E-state index >= 15 is 0 Å². The molecule has 0 spiro atoms. The third-order valence-electron chi connectivity index (χ3n) is 4.96. The van der Waals surface area contributed by atoms with Gasteiger partial charge in [0.15, 0.2) is 0 Å². The van der Waals surface area contributed by atoms with Gasteiger partial charge >= 0.3 is 12.1 Å². The number of nitrogens with zero attached hydrogens (tertiary/aromatic N) is 2. The highest BCUT2D eigenvalue weighted by atomic mass is 16.7. The van der Waals surface area contributed by atoms with Gasteiger partial charge in [0.05, 0.1) is 6.04 Å². The van der Waals surface area contributed by atoms with Crippen molar-refractivity contribution in [2.45, 2.75) is 57.9 Å². The topological polar surface area (TPSA) is 129 Å². The summed E-state index contributed by atoms with van der Waals surface area (Å²) in [6, 6.07) is 8.28. The number of carbonyl (C=O) groups excluding carboxylic acids is 4. The van der Waals surface area contributed by atoms with E-state index in [1.54, 1.807) is 20.8 Å². The zero-order chi connectivity index (χ0) is 23.3. The normalized spacial score (nSPS) is 20.0. The highest BCUT2D eigenvalue weighted by Crippen LogP contribution is 2.30. The van der Waals surface area contributed by atoms with Crippen molar-refractivity contribution in [3.63, 3.8) is 0 Å². The molecule has 1 aromatic rings. The van der Waals surface area contributed by atoms with Gasteiger partial charge in [-0.1, -0.05) is 30.3 Å². The van der Waals surface area contributed by atoms with Gasteiger partial charge in [-0.15, -0.1) is 0 Å². The van der Waals surface area contributed by atoms with E-state index in [-0.39, 0.29) is 25.2 Å². The molecule has 0 radical (unpaired) electrons. The van der Waals surface area contributed by atoms with E-state index < -0.39 is 29.6 Å². The van der Waals surface area contributed by atoms with Crippen LogP contribution in [0.15, 0.2) is 30.3 Å². The van der Waals surface area contributed by atoms with Crippen LogP contribution in [-0.2, 0) is 25.8 Å². The number of ether oxygens (including phenoxy) is 1. The molecule has 2 bridgehead atoms. The standard InChI is InChI=1S/C21H29N5O6/c1-21(2,3)32-19(29)22-11-17(27)23-24-18(28)16-10-9-15-12-25(16)20(30)26(15)31-13-14-7-5-4-6-8-14/h4-8,15-16H,9-13H2,1-3H3,(H,22,29)(H,23,27)(H,24,28). The van der Waals surface area contributed by atoms with E-state index in [0.29, 0.717) is 19.4 Å². The number of hydrogen-bond acceptors (Lipinski definition) is 6. The number of nitrogens with one attached hydrogen (secondary N) is 3. The average molecular weight is 447 g/mol. The molecule has 0 saturated carbocycles. The summed E-state index contributed by atoms with van der Waals surface area (Å²) in [7, 11) is 0. The van der Waals surface area contributed by atoms with Gasteiger partial charge in [-0.05, 0) is 39.2 Å². The lowest BCUT2D eigenvalue weighted by molar-refractivity contribution is -0.140. The number of amides is 5. The predicted octanol–water partition coefficient (Wildman–Crippen LogP) is 1.06. The average Bonchev–Trinajstić information content (AvgIpc) is 2.98. The number of fused-ring (bicyclic) bond motifs is 2. The van der Waals surface area contributed by atoms with Crippen LogP contribution in [0.1, 0.15) is 39.2 Å². The van der Waals surface area contributed by atoms with Crippen LogP contribution < -0.4 is 16.2 Å². The summed E-state index contributed by atoms with van der Waals surface area (Å²) in [4.78, 5) is 55.9. The number of hydrazine groups is 1. The molecule has 3 rings (SSSR count). The van der Waals surface area contributed by atoms with Crippen LogP contribution >= 0.6 is 0 Å². The molecule has 11 nitrogen and oxygen atoms in total. The second-order valence-corrected chi connectivity index (χ2v) is 8.66. The van der Waals surface area contributed by atoms with Crippen LogP contribution in [0.5, 0.6) is 0 Å². The van der Waals surface area contributed by atoms with E-state index in [2.05, 4.69) is 16.2 Å². The van der Waals surface area contributed by atoms with Crippen LogP contribution in [0.2, 0.25) is 0 Å². The Kier molecular flexibility index (Phi) is 7.18. The highest BCUT2D eigenvalue weighted by Gasteiger charge is 2.48. The largest absolute Gasteiger partial charge is 0.444 e. The van der Waals surface area contributed by atoms with Crippen molar-refractivity contribution in [2.24, 2.45) is 0 Å². The number of carbonyl (C=O) groups is 4. The lowest BCUT2D eigenvalue weighted by atomic mass is 10.0. The van der Waals surface area contributed by atoms with E-state index in [9.17, 15) is 19.2 Å². The smallest absolute Gasteiger partial charge is 0.408 e. The van der Waals surface area contributed by atoms with Crippen LogP contribution in [0, 0.1) is 0 Å². The van der Waals surface area contributed by atoms with E-state index in [4.69, 9.17) is 9.57 Å². The van der Waals surface area contributed by atoms with Gasteiger partial charge in [-0.25, -0.2) is 9.59 Å². The Bertz CT molecular complexity index is 856. The van der Waals surface area contributed by atoms with E-state index in [1.165, 1.54) is 9.96 Å². The molecule has 5 amide bonds. The molecule has 32 heavy (non-hydrogen) atoms. The molecule has 3 N–H and O–H groups in total. The Balaban J connectivity index is 1.44. The minimum absolute atomic E-state index is 0.122. The van der Waals surface area contributed by atoms with Crippen molar-refractivity contribution in [2.75, 3.05) is 13.1 Å². The maximum atomic E-state index is 12.8. The lowest BCUT2D eigenvalue weighted by Gasteiger charge is -2.29. The van der Waals surface area contributed by atoms with Crippen molar-refractivity contribution in [1.82, 2.24) is 26.1 Å². The van der Waals surface area contributed by atoms with Crippen molar-refractivity contribution < 1.29 is 28.8 Å². The van der Waals surface area contributed by atoms with Crippen molar-refractivity contribution in [1.29, 1.82) is 0 Å². The number of hydroxylamine groups is 2. The summed E-state index contributed by atoms with van der Waals surface area (Å²) < 4.78 is 5.03. The Labute approximate surface area is 186 Å². The number of benzene rings is 1. The summed E-state index contributed by atoms with van der Waals surface area (Å²) in [5, 5.41) is 3.63. The van der Waals surface area contributed by atoms with Gasteiger partial charge in [0.2, 0.25) is 0 Å². The Morgan fingerprint density at radius 3 is 2.50 bits per heavy atom. The first-order valence-corrected chi connectivity index (χ1v) is 10.5. The molecule has 2 aliphatic heterocycles. The van der Waals surface area contributed by atoms with Crippen molar-refractivity contribution >= 4 is 23.9 Å². The fraction of sp³-hybridized carbons (Fsp3) is 0.524. The molecule has 1 aromatic carbocycles. The number of urea groups is 1.